The number of benzene rings is 2. The summed E-state index contributed by atoms with van der Waals surface area (Å²) in [5.41, 5.74) is 7.78. The summed E-state index contributed by atoms with van der Waals surface area (Å²) in [6, 6.07) is 15.0. The van der Waals surface area contributed by atoms with Crippen LogP contribution >= 0.6 is 0 Å². The fraction of sp³-hybridized carbons (Fsp3) is 0.364. The summed E-state index contributed by atoms with van der Waals surface area (Å²) < 4.78 is 10.5. The van der Waals surface area contributed by atoms with E-state index in [9.17, 15) is 9.59 Å². The first kappa shape index (κ1) is 19.9. The fourth-order valence-electron chi connectivity index (χ4n) is 3.51. The molecule has 6 heteroatoms. The minimum atomic E-state index is -0.508. The second kappa shape index (κ2) is 9.37. The lowest BCUT2D eigenvalue weighted by Crippen LogP contribution is -2.41. The summed E-state index contributed by atoms with van der Waals surface area (Å²) in [6.07, 6.45) is 2.12. The van der Waals surface area contributed by atoms with Gasteiger partial charge in [0.25, 0.3) is 11.8 Å². The van der Waals surface area contributed by atoms with Gasteiger partial charge in [0.1, 0.15) is 5.75 Å². The van der Waals surface area contributed by atoms with E-state index in [2.05, 4.69) is 0 Å². The van der Waals surface area contributed by atoms with E-state index in [1.54, 1.807) is 19.2 Å². The number of nitrogens with two attached hydrogens (primary N) is 1. The molecule has 2 aromatic rings. The molecule has 1 atom stereocenters. The van der Waals surface area contributed by atoms with Gasteiger partial charge < -0.3 is 20.1 Å². The topological polar surface area (TPSA) is 81.9 Å². The Labute approximate surface area is 165 Å². The maximum atomic E-state index is 12.8. The molecular formula is C22H26N2O4. The van der Waals surface area contributed by atoms with Gasteiger partial charge >= 0.3 is 0 Å². The minimum Gasteiger partial charge on any atom is -0.484 e. The molecule has 28 heavy (non-hydrogen) atoms. The van der Waals surface area contributed by atoms with Crippen molar-refractivity contribution < 1.29 is 19.1 Å². The Kier molecular flexibility index (Phi) is 6.66. The van der Waals surface area contributed by atoms with Crippen LogP contribution in [0.15, 0.2) is 48.5 Å². The van der Waals surface area contributed by atoms with Crippen LogP contribution < -0.4 is 10.5 Å². The average Bonchev–Trinajstić information content (AvgIpc) is 2.73. The number of rotatable bonds is 7. The van der Waals surface area contributed by atoms with E-state index in [1.165, 1.54) is 0 Å². The van der Waals surface area contributed by atoms with Crippen molar-refractivity contribution in [1.29, 1.82) is 0 Å². The Hall–Kier alpha value is -2.86. The minimum absolute atomic E-state index is 0.0718. The maximum Gasteiger partial charge on any atom is 0.255 e. The lowest BCUT2D eigenvalue weighted by Gasteiger charge is -2.32. The summed E-state index contributed by atoms with van der Waals surface area (Å²) in [4.78, 5) is 25.5. The zero-order chi connectivity index (χ0) is 19.9. The summed E-state index contributed by atoms with van der Waals surface area (Å²) in [5, 5.41) is 0. The fourth-order valence-corrected chi connectivity index (χ4v) is 3.51. The largest absolute Gasteiger partial charge is 0.484 e. The van der Waals surface area contributed by atoms with Crippen LogP contribution in [0.3, 0.4) is 0 Å². The van der Waals surface area contributed by atoms with Crippen molar-refractivity contribution in [3.05, 3.63) is 54.1 Å². The summed E-state index contributed by atoms with van der Waals surface area (Å²) in [5.74, 6) is 0.566. The number of amides is 2. The van der Waals surface area contributed by atoms with Crippen molar-refractivity contribution in [2.75, 3.05) is 33.4 Å². The molecule has 2 amide bonds. The molecule has 1 heterocycles. The zero-order valence-corrected chi connectivity index (χ0v) is 16.1. The molecule has 2 aromatic carbocycles. The molecule has 6 nitrogen and oxygen atoms in total. The van der Waals surface area contributed by atoms with Gasteiger partial charge in [-0.3, -0.25) is 9.59 Å². The van der Waals surface area contributed by atoms with E-state index in [-0.39, 0.29) is 12.5 Å². The highest BCUT2D eigenvalue weighted by atomic mass is 16.5. The summed E-state index contributed by atoms with van der Waals surface area (Å²) >= 11 is 0. The molecule has 0 radical (unpaired) electrons. The molecular weight excluding hydrogens is 356 g/mol. The third kappa shape index (κ3) is 5.10. The van der Waals surface area contributed by atoms with Crippen LogP contribution in [0.1, 0.15) is 23.2 Å². The predicted octanol–water partition coefficient (Wildman–Crippen LogP) is 2.72. The van der Waals surface area contributed by atoms with Crippen molar-refractivity contribution >= 4 is 11.8 Å². The van der Waals surface area contributed by atoms with Crippen LogP contribution in [0.2, 0.25) is 0 Å². The number of methoxy groups -OCH3 is 1. The van der Waals surface area contributed by atoms with E-state index in [4.69, 9.17) is 15.2 Å². The van der Waals surface area contributed by atoms with E-state index >= 15 is 0 Å². The Bertz CT molecular complexity index is 800. The molecule has 0 spiro atoms. The number of likely N-dealkylation sites (tertiary alicyclic amines) is 1. The lowest BCUT2D eigenvalue weighted by molar-refractivity contribution is -0.119. The van der Waals surface area contributed by atoms with Gasteiger partial charge in [-0.05, 0) is 54.2 Å². The highest BCUT2D eigenvalue weighted by molar-refractivity contribution is 5.94. The van der Waals surface area contributed by atoms with Gasteiger partial charge in [0.15, 0.2) is 6.61 Å². The SMILES string of the molecule is COC[C@@H]1CCCN(C(=O)c2ccc(-c3ccc(OCC(N)=O)cc3)cc2)C1. The molecule has 3 rings (SSSR count). The van der Waals surface area contributed by atoms with Crippen LogP contribution in [0.5, 0.6) is 5.75 Å². The van der Waals surface area contributed by atoms with Crippen molar-refractivity contribution in [2.45, 2.75) is 12.8 Å². The molecule has 1 saturated heterocycles. The highest BCUT2D eigenvalue weighted by Crippen LogP contribution is 2.24. The Balaban J connectivity index is 1.64. The first-order valence-electron chi connectivity index (χ1n) is 9.46. The number of primary amides is 1. The first-order valence-corrected chi connectivity index (χ1v) is 9.46. The maximum absolute atomic E-state index is 12.8. The molecule has 0 aliphatic carbocycles. The number of piperidine rings is 1. The van der Waals surface area contributed by atoms with Gasteiger partial charge in [-0.1, -0.05) is 24.3 Å². The zero-order valence-electron chi connectivity index (χ0n) is 16.1. The van der Waals surface area contributed by atoms with Gasteiger partial charge in [-0.25, -0.2) is 0 Å². The average molecular weight is 382 g/mol. The number of ether oxygens (including phenoxy) is 2. The number of carbonyl (C=O) groups excluding carboxylic acids is 2. The molecule has 1 fully saturated rings. The quantitative estimate of drug-likeness (QED) is 0.798. The molecule has 1 aliphatic heterocycles. The first-order chi connectivity index (χ1) is 13.6. The molecule has 0 saturated carbocycles. The molecule has 0 unspecified atom stereocenters. The standard InChI is InChI=1S/C22H26N2O4/c1-27-14-16-3-2-12-24(13-16)22(26)19-6-4-17(5-7-19)18-8-10-20(11-9-18)28-15-21(23)25/h4-11,16H,2-3,12-15H2,1H3,(H2,23,25)/t16-/m1/s1. The second-order valence-corrected chi connectivity index (χ2v) is 7.07. The Morgan fingerprint density at radius 3 is 2.32 bits per heavy atom. The third-order valence-electron chi connectivity index (χ3n) is 4.91. The van der Waals surface area contributed by atoms with Crippen molar-refractivity contribution in [2.24, 2.45) is 11.7 Å². The normalized spacial score (nSPS) is 16.6. The van der Waals surface area contributed by atoms with Crippen molar-refractivity contribution in [3.63, 3.8) is 0 Å². The van der Waals surface area contributed by atoms with Crippen LogP contribution in [0, 0.1) is 5.92 Å². The third-order valence-corrected chi connectivity index (χ3v) is 4.91. The Morgan fingerprint density at radius 2 is 1.71 bits per heavy atom. The summed E-state index contributed by atoms with van der Waals surface area (Å²) in [6.45, 7) is 2.11. The number of nitrogens with zero attached hydrogens (tertiary/aromatic N) is 1. The van der Waals surface area contributed by atoms with E-state index in [0.717, 1.165) is 37.1 Å². The number of carbonyl (C=O) groups is 2. The summed E-state index contributed by atoms with van der Waals surface area (Å²) in [7, 11) is 1.70. The van der Waals surface area contributed by atoms with E-state index in [1.807, 2.05) is 41.3 Å². The molecule has 1 aliphatic rings. The van der Waals surface area contributed by atoms with Crippen LogP contribution in [-0.4, -0.2) is 50.1 Å². The van der Waals surface area contributed by atoms with Crippen molar-refractivity contribution in [1.82, 2.24) is 4.90 Å². The molecule has 0 aromatic heterocycles. The highest BCUT2D eigenvalue weighted by Gasteiger charge is 2.24. The van der Waals surface area contributed by atoms with Crippen molar-refractivity contribution in [3.8, 4) is 16.9 Å². The van der Waals surface area contributed by atoms with Gasteiger partial charge in [-0.15, -0.1) is 0 Å². The number of hydrogen-bond acceptors (Lipinski definition) is 4. The van der Waals surface area contributed by atoms with Gasteiger partial charge in [0.2, 0.25) is 0 Å². The van der Waals surface area contributed by atoms with Crippen LogP contribution in [0.4, 0.5) is 0 Å². The van der Waals surface area contributed by atoms with Crippen LogP contribution in [0.25, 0.3) is 11.1 Å². The Morgan fingerprint density at radius 1 is 1.07 bits per heavy atom. The van der Waals surface area contributed by atoms with E-state index < -0.39 is 5.91 Å². The lowest BCUT2D eigenvalue weighted by atomic mass is 9.97. The predicted molar refractivity (Wildman–Crippen MR) is 107 cm³/mol. The molecule has 148 valence electrons. The smallest absolute Gasteiger partial charge is 0.255 e. The molecule has 2 N–H and O–H groups in total. The van der Waals surface area contributed by atoms with E-state index in [0.29, 0.717) is 23.8 Å². The van der Waals surface area contributed by atoms with Crippen LogP contribution in [-0.2, 0) is 9.53 Å². The second-order valence-electron chi connectivity index (χ2n) is 7.07. The molecule has 0 bridgehead atoms. The number of hydrogen-bond donors (Lipinski definition) is 1. The van der Waals surface area contributed by atoms with Gasteiger partial charge in [-0.2, -0.15) is 0 Å². The monoisotopic (exact) mass is 382 g/mol. The van der Waals surface area contributed by atoms with Gasteiger partial charge in [0.05, 0.1) is 6.61 Å². The van der Waals surface area contributed by atoms with Gasteiger partial charge in [0, 0.05) is 25.8 Å².